The molecule has 1 aliphatic heterocycles. The summed E-state index contributed by atoms with van der Waals surface area (Å²) in [5, 5.41) is 17.4. The summed E-state index contributed by atoms with van der Waals surface area (Å²) in [5.41, 5.74) is 0. The fourth-order valence-electron chi connectivity index (χ4n) is 1.23. The normalized spacial score (nSPS) is 26.8. The number of carboxylic acid groups (broad SMARTS) is 1. The van der Waals surface area contributed by atoms with Gasteiger partial charge in [0.25, 0.3) is 0 Å². The Morgan fingerprint density at radius 3 is 2.56 bits per heavy atom. The molecule has 2 N–H and O–H groups in total. The highest BCUT2D eigenvalue weighted by Crippen LogP contribution is 2.28. The third-order valence-corrected chi connectivity index (χ3v) is 1.80. The summed E-state index contributed by atoms with van der Waals surface area (Å²) < 4.78 is 0. The molecule has 9 heavy (non-hydrogen) atoms. The van der Waals surface area contributed by atoms with Crippen molar-refractivity contribution in [1.82, 2.24) is 0 Å². The second kappa shape index (κ2) is 2.39. The van der Waals surface area contributed by atoms with Gasteiger partial charge in [-0.05, 0) is 12.7 Å². The van der Waals surface area contributed by atoms with Crippen molar-refractivity contribution in [3.8, 4) is 0 Å². The molecular formula is C5H9BO3. The number of aliphatic carboxylic acids is 1. The van der Waals surface area contributed by atoms with E-state index in [2.05, 4.69) is 0 Å². The van der Waals surface area contributed by atoms with Gasteiger partial charge in [-0.1, -0.05) is 6.42 Å². The molecule has 1 aliphatic rings. The van der Waals surface area contributed by atoms with Crippen LogP contribution in [0.25, 0.3) is 0 Å². The molecule has 1 atom stereocenters. The van der Waals surface area contributed by atoms with Gasteiger partial charge in [-0.3, -0.25) is 4.79 Å². The van der Waals surface area contributed by atoms with Gasteiger partial charge in [0.05, 0.1) is 5.82 Å². The topological polar surface area (TPSA) is 57.5 Å². The molecule has 0 spiro atoms. The zero-order valence-corrected chi connectivity index (χ0v) is 5.08. The summed E-state index contributed by atoms with van der Waals surface area (Å²) in [6.45, 7) is -0.595. The van der Waals surface area contributed by atoms with E-state index in [4.69, 9.17) is 10.1 Å². The third kappa shape index (κ3) is 1.24. The van der Waals surface area contributed by atoms with Crippen molar-refractivity contribution in [2.24, 2.45) is 0 Å². The number of hydrogen-bond donors (Lipinski definition) is 2. The quantitative estimate of drug-likeness (QED) is 0.496. The highest BCUT2D eigenvalue weighted by Gasteiger charge is 2.35. The minimum atomic E-state index is -0.861. The van der Waals surface area contributed by atoms with Gasteiger partial charge in [-0.25, -0.2) is 0 Å². The second-order valence-electron chi connectivity index (χ2n) is 2.44. The van der Waals surface area contributed by atoms with Gasteiger partial charge in [0.2, 0.25) is 0 Å². The lowest BCUT2D eigenvalue weighted by Crippen LogP contribution is -2.20. The second-order valence-corrected chi connectivity index (χ2v) is 2.44. The first-order valence-electron chi connectivity index (χ1n) is 3.12. The lowest BCUT2D eigenvalue weighted by molar-refractivity contribution is -0.137. The summed E-state index contributed by atoms with van der Waals surface area (Å²) in [7, 11) is 0. The Morgan fingerprint density at radius 2 is 2.33 bits per heavy atom. The first kappa shape index (κ1) is 6.61. The third-order valence-electron chi connectivity index (χ3n) is 1.80. The Bertz CT molecular complexity index is 125. The van der Waals surface area contributed by atoms with Gasteiger partial charge in [0.15, 0.2) is 0 Å². The molecule has 50 valence electrons. The number of carbonyl (C=O) groups is 1. The molecule has 0 aromatic carbocycles. The smallest absolute Gasteiger partial charge is 0.303 e. The predicted molar refractivity (Wildman–Crippen MR) is 33.4 cm³/mol. The molecule has 0 aromatic rings. The highest BCUT2D eigenvalue weighted by molar-refractivity contribution is 6.57. The Balaban J connectivity index is 2.49. The number of carboxylic acids is 1. The van der Waals surface area contributed by atoms with Gasteiger partial charge in [-0.2, -0.15) is 0 Å². The van der Waals surface area contributed by atoms with Gasteiger partial charge >= 0.3 is 12.9 Å². The lowest BCUT2D eigenvalue weighted by atomic mass is 9.59. The molecule has 1 unspecified atom stereocenters. The van der Waals surface area contributed by atoms with E-state index >= 15 is 0 Å². The van der Waals surface area contributed by atoms with Crippen LogP contribution in [-0.2, 0) is 4.79 Å². The zero-order chi connectivity index (χ0) is 6.85. The van der Waals surface area contributed by atoms with Crippen molar-refractivity contribution in [3.63, 3.8) is 0 Å². The molecule has 0 amide bonds. The number of rotatable bonds is 1. The van der Waals surface area contributed by atoms with Crippen molar-refractivity contribution in [2.45, 2.75) is 25.0 Å². The van der Waals surface area contributed by atoms with Crippen molar-refractivity contribution < 1.29 is 14.9 Å². The summed E-state index contributed by atoms with van der Waals surface area (Å²) >= 11 is 0. The van der Waals surface area contributed by atoms with E-state index in [1.807, 2.05) is 0 Å². The minimum absolute atomic E-state index is 0.495. The molecule has 1 fully saturated rings. The van der Waals surface area contributed by atoms with Crippen LogP contribution in [-0.4, -0.2) is 23.0 Å². The predicted octanol–water partition coefficient (Wildman–Crippen LogP) is 0.219. The summed E-state index contributed by atoms with van der Waals surface area (Å²) in [6, 6.07) is 0. The van der Waals surface area contributed by atoms with Crippen LogP contribution in [0.5, 0.6) is 0 Å². The average Bonchev–Trinajstić information content (AvgIpc) is 2.13. The van der Waals surface area contributed by atoms with Gasteiger partial charge in [-0.15, -0.1) is 0 Å². The van der Waals surface area contributed by atoms with Crippen molar-refractivity contribution in [2.75, 3.05) is 0 Å². The molecule has 1 heterocycles. The van der Waals surface area contributed by atoms with Crippen molar-refractivity contribution >= 4 is 12.9 Å². The van der Waals surface area contributed by atoms with E-state index in [9.17, 15) is 4.79 Å². The summed E-state index contributed by atoms with van der Waals surface area (Å²) in [4.78, 5) is 10.3. The molecule has 3 nitrogen and oxygen atoms in total. The van der Waals surface area contributed by atoms with Crippen LogP contribution in [0.15, 0.2) is 0 Å². The standard InChI is InChI=1S/C5H9BO3/c7-5(8)4-2-1-3-6(4)9/h4,9H,1-3H2,(H,7,8). The van der Waals surface area contributed by atoms with E-state index < -0.39 is 18.7 Å². The van der Waals surface area contributed by atoms with Crippen LogP contribution in [0.3, 0.4) is 0 Å². The largest absolute Gasteiger partial charge is 0.481 e. The van der Waals surface area contributed by atoms with Gasteiger partial charge < -0.3 is 10.1 Å². The molecule has 0 aromatic heterocycles. The zero-order valence-electron chi connectivity index (χ0n) is 5.08. The van der Waals surface area contributed by atoms with E-state index in [0.717, 1.165) is 6.42 Å². The SMILES string of the molecule is O=C(O)C1CCCB1O. The van der Waals surface area contributed by atoms with Gasteiger partial charge in [0, 0.05) is 0 Å². The molecule has 0 saturated carbocycles. The molecule has 1 rings (SSSR count). The molecule has 0 radical (unpaired) electrons. The Labute approximate surface area is 53.8 Å². The van der Waals surface area contributed by atoms with Crippen LogP contribution >= 0.6 is 0 Å². The Morgan fingerprint density at radius 1 is 1.67 bits per heavy atom. The number of hydrogen-bond acceptors (Lipinski definition) is 2. The lowest BCUT2D eigenvalue weighted by Gasteiger charge is -2.02. The van der Waals surface area contributed by atoms with E-state index in [0.29, 0.717) is 12.7 Å². The van der Waals surface area contributed by atoms with E-state index in [1.54, 1.807) is 0 Å². The van der Waals surface area contributed by atoms with Crippen LogP contribution in [0.4, 0.5) is 0 Å². The first-order chi connectivity index (χ1) is 4.22. The Kier molecular flexibility index (Phi) is 1.76. The van der Waals surface area contributed by atoms with Crippen molar-refractivity contribution in [1.29, 1.82) is 0 Å². The van der Waals surface area contributed by atoms with Crippen LogP contribution in [0, 0.1) is 0 Å². The van der Waals surface area contributed by atoms with Crippen LogP contribution < -0.4 is 0 Å². The van der Waals surface area contributed by atoms with Crippen LogP contribution in [0.2, 0.25) is 12.1 Å². The average molecular weight is 128 g/mol. The summed E-state index contributed by atoms with van der Waals surface area (Å²) in [5.74, 6) is -1.36. The molecular weight excluding hydrogens is 119 g/mol. The van der Waals surface area contributed by atoms with Crippen LogP contribution in [0.1, 0.15) is 12.8 Å². The molecule has 0 bridgehead atoms. The van der Waals surface area contributed by atoms with E-state index in [-0.39, 0.29) is 0 Å². The first-order valence-corrected chi connectivity index (χ1v) is 3.12. The maximum atomic E-state index is 10.3. The fraction of sp³-hybridized carbons (Fsp3) is 0.800. The monoisotopic (exact) mass is 128 g/mol. The fourth-order valence-corrected chi connectivity index (χ4v) is 1.23. The minimum Gasteiger partial charge on any atom is -0.481 e. The maximum Gasteiger partial charge on any atom is 0.303 e. The van der Waals surface area contributed by atoms with E-state index in [1.165, 1.54) is 0 Å². The van der Waals surface area contributed by atoms with Gasteiger partial charge in [0.1, 0.15) is 0 Å². The molecule has 1 saturated heterocycles. The maximum absolute atomic E-state index is 10.3. The summed E-state index contributed by atoms with van der Waals surface area (Å²) in [6.07, 6.45) is 2.13. The highest BCUT2D eigenvalue weighted by atomic mass is 16.4. The molecule has 4 heteroatoms. The Hall–Kier alpha value is -0.505. The van der Waals surface area contributed by atoms with Crippen molar-refractivity contribution in [3.05, 3.63) is 0 Å². The molecule has 0 aliphatic carbocycles.